The highest BCUT2D eigenvalue weighted by Gasteiger charge is 2.17. The molecule has 0 aromatic carbocycles. The predicted molar refractivity (Wildman–Crippen MR) is 54.4 cm³/mol. The summed E-state index contributed by atoms with van der Waals surface area (Å²) in [6.45, 7) is 0. The molecular weight excluding hydrogens is 266 g/mol. The topological polar surface area (TPSA) is 135 Å². The van der Waals surface area contributed by atoms with E-state index in [2.05, 4.69) is 10.2 Å². The molecule has 10 heteroatoms. The van der Waals surface area contributed by atoms with E-state index in [4.69, 9.17) is 8.83 Å². The van der Waals surface area contributed by atoms with Crippen LogP contribution in [-0.4, -0.2) is 26.8 Å². The van der Waals surface area contributed by atoms with E-state index >= 15 is 0 Å². The van der Waals surface area contributed by atoms with Gasteiger partial charge in [-0.3, -0.25) is 10.1 Å². The zero-order chi connectivity index (χ0) is 13.1. The number of aliphatic carboxylic acids is 1. The Morgan fingerprint density at radius 2 is 2.17 bits per heavy atom. The number of carbonyl (C=O) groups excluding carboxylic acids is 1. The number of rotatable bonds is 5. The van der Waals surface area contributed by atoms with E-state index < -0.39 is 16.8 Å². The van der Waals surface area contributed by atoms with Gasteiger partial charge in [-0.15, -0.1) is 10.2 Å². The molecule has 18 heavy (non-hydrogen) atoms. The minimum Gasteiger partial charge on any atom is -0.549 e. The van der Waals surface area contributed by atoms with Gasteiger partial charge in [0, 0.05) is 5.75 Å². The molecular formula is C8H4N3O6S-. The molecule has 0 aliphatic rings. The summed E-state index contributed by atoms with van der Waals surface area (Å²) in [4.78, 5) is 19.9. The van der Waals surface area contributed by atoms with E-state index in [9.17, 15) is 20.0 Å². The van der Waals surface area contributed by atoms with Gasteiger partial charge < -0.3 is 18.7 Å². The third kappa shape index (κ3) is 2.66. The number of carboxylic acids is 1. The molecule has 0 fully saturated rings. The minimum absolute atomic E-state index is 0.00764. The van der Waals surface area contributed by atoms with Gasteiger partial charge in [-0.25, -0.2) is 0 Å². The van der Waals surface area contributed by atoms with Crippen LogP contribution in [0.15, 0.2) is 26.2 Å². The van der Waals surface area contributed by atoms with Gasteiger partial charge in [0.05, 0.1) is 12.0 Å². The molecule has 0 atom stereocenters. The van der Waals surface area contributed by atoms with Crippen molar-refractivity contribution in [2.45, 2.75) is 5.22 Å². The average Bonchev–Trinajstić information content (AvgIpc) is 2.95. The largest absolute Gasteiger partial charge is 0.549 e. The number of nitro groups is 1. The fourth-order valence-electron chi connectivity index (χ4n) is 1.03. The highest BCUT2D eigenvalue weighted by atomic mass is 32.2. The van der Waals surface area contributed by atoms with Crippen molar-refractivity contribution in [3.63, 3.8) is 0 Å². The monoisotopic (exact) mass is 270 g/mol. The number of carbonyl (C=O) groups is 1. The van der Waals surface area contributed by atoms with Gasteiger partial charge in [-0.2, -0.15) is 0 Å². The lowest BCUT2D eigenvalue weighted by Crippen LogP contribution is -2.24. The van der Waals surface area contributed by atoms with Crippen LogP contribution >= 0.6 is 11.8 Å². The van der Waals surface area contributed by atoms with Crippen molar-refractivity contribution in [1.82, 2.24) is 10.2 Å². The summed E-state index contributed by atoms with van der Waals surface area (Å²) in [5.41, 5.74) is 0. The first kappa shape index (κ1) is 12.1. The molecule has 2 rings (SSSR count). The molecule has 0 saturated heterocycles. The maximum atomic E-state index is 10.4. The Labute approximate surface area is 103 Å². The first-order valence-corrected chi connectivity index (χ1v) is 5.45. The smallest absolute Gasteiger partial charge is 0.433 e. The van der Waals surface area contributed by atoms with E-state index in [0.717, 1.165) is 17.8 Å². The summed E-state index contributed by atoms with van der Waals surface area (Å²) in [6.07, 6.45) is 0. The summed E-state index contributed by atoms with van der Waals surface area (Å²) in [5.74, 6) is -2.08. The van der Waals surface area contributed by atoms with Gasteiger partial charge in [-0.05, 0) is 6.07 Å². The fourth-order valence-corrected chi connectivity index (χ4v) is 1.51. The lowest BCUT2D eigenvalue weighted by molar-refractivity contribution is -0.401. The van der Waals surface area contributed by atoms with Crippen molar-refractivity contribution < 1.29 is 23.7 Å². The van der Waals surface area contributed by atoms with E-state index in [1.165, 1.54) is 6.07 Å². The number of hydrogen-bond donors (Lipinski definition) is 0. The highest BCUT2D eigenvalue weighted by molar-refractivity contribution is 7.99. The summed E-state index contributed by atoms with van der Waals surface area (Å²) >= 11 is 0.779. The molecule has 0 radical (unpaired) electrons. The Bertz CT molecular complexity index is 591. The summed E-state index contributed by atoms with van der Waals surface area (Å²) < 4.78 is 9.88. The zero-order valence-electron chi connectivity index (χ0n) is 8.56. The standard InChI is InChI=1S/C8H5N3O6S/c12-6(13)3-18-8-10-9-7(17-8)4-1-2-5(16-4)11(14)15/h1-2H,3H2,(H,12,13)/p-1. The molecule has 9 nitrogen and oxygen atoms in total. The van der Waals surface area contributed by atoms with Crippen LogP contribution in [0, 0.1) is 10.1 Å². The summed E-state index contributed by atoms with van der Waals surface area (Å²) in [7, 11) is 0. The number of furan rings is 1. The molecule has 0 aliphatic heterocycles. The van der Waals surface area contributed by atoms with E-state index in [-0.39, 0.29) is 22.6 Å². The van der Waals surface area contributed by atoms with Gasteiger partial charge in [0.2, 0.25) is 0 Å². The molecule has 0 aliphatic carbocycles. The van der Waals surface area contributed by atoms with Gasteiger partial charge >= 0.3 is 5.88 Å². The van der Waals surface area contributed by atoms with E-state index in [1.54, 1.807) is 0 Å². The Hall–Kier alpha value is -2.36. The van der Waals surface area contributed by atoms with E-state index in [0.29, 0.717) is 0 Å². The minimum atomic E-state index is -1.27. The second-order valence-electron chi connectivity index (χ2n) is 2.93. The van der Waals surface area contributed by atoms with Crippen molar-refractivity contribution in [3.05, 3.63) is 22.2 Å². The number of thioether (sulfide) groups is 1. The van der Waals surface area contributed by atoms with Crippen LogP contribution in [0.4, 0.5) is 5.88 Å². The first-order valence-electron chi connectivity index (χ1n) is 4.47. The molecule has 2 heterocycles. The second kappa shape index (κ2) is 4.87. The van der Waals surface area contributed by atoms with Crippen LogP contribution in [0.1, 0.15) is 0 Å². The lowest BCUT2D eigenvalue weighted by Gasteiger charge is -1.95. The second-order valence-corrected chi connectivity index (χ2v) is 3.86. The lowest BCUT2D eigenvalue weighted by atomic mass is 10.4. The van der Waals surface area contributed by atoms with Crippen LogP contribution in [0.25, 0.3) is 11.7 Å². The van der Waals surface area contributed by atoms with Crippen molar-refractivity contribution in [3.8, 4) is 11.7 Å². The van der Waals surface area contributed by atoms with Crippen LogP contribution < -0.4 is 5.11 Å². The maximum Gasteiger partial charge on any atom is 0.433 e. The molecule has 0 bridgehead atoms. The first-order chi connectivity index (χ1) is 8.56. The van der Waals surface area contributed by atoms with Crippen LogP contribution in [0.2, 0.25) is 0 Å². The molecule has 2 aromatic heterocycles. The van der Waals surface area contributed by atoms with Gasteiger partial charge in [-0.1, -0.05) is 11.8 Å². The normalized spacial score (nSPS) is 10.4. The Kier molecular flexibility index (Phi) is 3.28. The number of hydrogen-bond acceptors (Lipinski definition) is 9. The number of carboxylic acid groups (broad SMARTS) is 1. The zero-order valence-corrected chi connectivity index (χ0v) is 9.38. The Morgan fingerprint density at radius 1 is 1.39 bits per heavy atom. The van der Waals surface area contributed by atoms with Crippen molar-refractivity contribution >= 4 is 23.6 Å². The highest BCUT2D eigenvalue weighted by Crippen LogP contribution is 2.27. The van der Waals surface area contributed by atoms with Crippen LogP contribution in [-0.2, 0) is 4.79 Å². The average molecular weight is 270 g/mol. The molecule has 2 aromatic rings. The van der Waals surface area contributed by atoms with Gasteiger partial charge in [0.1, 0.15) is 4.92 Å². The SMILES string of the molecule is O=C([O-])CSc1nnc(-c2ccc([N+](=O)[O-])o2)o1. The molecule has 0 saturated carbocycles. The quantitative estimate of drug-likeness (QED) is 0.420. The summed E-state index contributed by atoms with van der Waals surface area (Å²) in [6, 6.07) is 2.45. The number of nitrogens with zero attached hydrogens (tertiary/aromatic N) is 3. The van der Waals surface area contributed by atoms with Crippen molar-refractivity contribution in [1.29, 1.82) is 0 Å². The summed E-state index contributed by atoms with van der Waals surface area (Å²) in [5, 5.41) is 27.7. The van der Waals surface area contributed by atoms with Crippen molar-refractivity contribution in [2.24, 2.45) is 0 Å². The third-order valence-electron chi connectivity index (χ3n) is 1.70. The van der Waals surface area contributed by atoms with Crippen LogP contribution in [0.3, 0.4) is 0 Å². The Morgan fingerprint density at radius 3 is 2.78 bits per heavy atom. The third-order valence-corrected chi connectivity index (χ3v) is 2.49. The maximum absolute atomic E-state index is 10.4. The van der Waals surface area contributed by atoms with Gasteiger partial charge in [0.25, 0.3) is 11.1 Å². The van der Waals surface area contributed by atoms with Crippen LogP contribution in [0.5, 0.6) is 0 Å². The molecule has 0 amide bonds. The number of aromatic nitrogens is 2. The fraction of sp³-hybridized carbons (Fsp3) is 0.125. The van der Waals surface area contributed by atoms with Gasteiger partial charge in [0.15, 0.2) is 5.76 Å². The molecule has 0 spiro atoms. The molecule has 94 valence electrons. The van der Waals surface area contributed by atoms with Crippen molar-refractivity contribution in [2.75, 3.05) is 5.75 Å². The molecule has 0 N–H and O–H groups in total. The van der Waals surface area contributed by atoms with E-state index in [1.807, 2.05) is 0 Å². The Balaban J connectivity index is 2.13. The molecule has 0 unspecified atom stereocenters. The predicted octanol–water partition coefficient (Wildman–Crippen LogP) is 0.0798.